The summed E-state index contributed by atoms with van der Waals surface area (Å²) in [5.74, 6) is 0.536. The number of nitrogens with zero attached hydrogens (tertiary/aromatic N) is 1. The average molecular weight is 323 g/mol. The molecule has 0 saturated carbocycles. The summed E-state index contributed by atoms with van der Waals surface area (Å²) < 4.78 is 0. The Morgan fingerprint density at radius 1 is 1.58 bits per heavy atom. The highest BCUT2D eigenvalue weighted by Crippen LogP contribution is 2.14. The molecule has 1 aliphatic rings. The van der Waals surface area contributed by atoms with Crippen molar-refractivity contribution < 1.29 is 0 Å². The molecule has 0 radical (unpaired) electrons. The highest BCUT2D eigenvalue weighted by atomic mass is 79.9. The second-order valence-corrected chi connectivity index (χ2v) is 4.62. The van der Waals surface area contributed by atoms with Crippen LogP contribution in [0.15, 0.2) is 11.2 Å². The van der Waals surface area contributed by atoms with Crippen LogP contribution >= 0.6 is 15.9 Å². The molecule has 0 aliphatic carbocycles. The minimum Gasteiger partial charge on any atom is -0.370 e. The third-order valence-electron chi connectivity index (χ3n) is 2.95. The van der Waals surface area contributed by atoms with Crippen LogP contribution in [0.3, 0.4) is 0 Å². The Balaban J connectivity index is 0.000000861. The molecule has 5 heteroatoms. The van der Waals surface area contributed by atoms with Crippen LogP contribution in [0.1, 0.15) is 24.9 Å². The third-order valence-corrected chi connectivity index (χ3v) is 3.28. The normalized spacial score (nSPS) is 20.2. The zero-order valence-corrected chi connectivity index (χ0v) is 12.6. The van der Waals surface area contributed by atoms with E-state index in [-0.39, 0.29) is 6.04 Å². The molecule has 0 saturated heterocycles. The molecule has 2 heterocycles. The SMILES string of the molecule is C#C.C/C=c1/[nH]cc(C2CCN=C(N)N2)/c1=C/CBr. The molecule has 4 N–H and O–H groups in total. The van der Waals surface area contributed by atoms with Gasteiger partial charge in [-0.3, -0.25) is 4.99 Å². The number of halogens is 1. The highest BCUT2D eigenvalue weighted by Gasteiger charge is 2.17. The molecule has 1 atom stereocenters. The molecule has 4 nitrogen and oxygen atoms in total. The van der Waals surface area contributed by atoms with E-state index in [1.54, 1.807) is 0 Å². The fourth-order valence-electron chi connectivity index (χ4n) is 2.14. The molecule has 1 aromatic rings. The molecular formula is C14H19BrN4. The number of nitrogens with one attached hydrogen (secondary N) is 2. The Kier molecular flexibility index (Phi) is 6.23. The maximum atomic E-state index is 5.73. The molecule has 0 fully saturated rings. The van der Waals surface area contributed by atoms with E-state index in [1.165, 1.54) is 10.8 Å². The molecule has 102 valence electrons. The van der Waals surface area contributed by atoms with E-state index < -0.39 is 0 Å². The van der Waals surface area contributed by atoms with Gasteiger partial charge in [0.2, 0.25) is 0 Å². The van der Waals surface area contributed by atoms with Crippen LogP contribution in [0.25, 0.3) is 12.2 Å². The summed E-state index contributed by atoms with van der Waals surface area (Å²) in [6.45, 7) is 2.82. The van der Waals surface area contributed by atoms with E-state index in [2.05, 4.69) is 62.4 Å². The van der Waals surface area contributed by atoms with Crippen molar-refractivity contribution in [2.24, 2.45) is 10.7 Å². The van der Waals surface area contributed by atoms with Gasteiger partial charge in [-0.2, -0.15) is 0 Å². The van der Waals surface area contributed by atoms with Crippen molar-refractivity contribution in [3.63, 3.8) is 0 Å². The lowest BCUT2D eigenvalue weighted by molar-refractivity contribution is 0.567. The van der Waals surface area contributed by atoms with E-state index in [1.807, 2.05) is 6.92 Å². The van der Waals surface area contributed by atoms with Crippen LogP contribution in [0.5, 0.6) is 0 Å². The van der Waals surface area contributed by atoms with Gasteiger partial charge >= 0.3 is 0 Å². The first kappa shape index (κ1) is 15.4. The Morgan fingerprint density at radius 3 is 2.89 bits per heavy atom. The Labute approximate surface area is 122 Å². The van der Waals surface area contributed by atoms with Crippen molar-refractivity contribution in [2.45, 2.75) is 19.4 Å². The third kappa shape index (κ3) is 3.65. The summed E-state index contributed by atoms with van der Waals surface area (Å²) >= 11 is 3.45. The molecule has 0 bridgehead atoms. The van der Waals surface area contributed by atoms with Gasteiger partial charge in [0, 0.05) is 28.6 Å². The smallest absolute Gasteiger partial charge is 0.189 e. The van der Waals surface area contributed by atoms with E-state index in [0.717, 1.165) is 23.6 Å². The summed E-state index contributed by atoms with van der Waals surface area (Å²) in [7, 11) is 0. The summed E-state index contributed by atoms with van der Waals surface area (Å²) in [6.07, 6.45) is 15.3. The minimum atomic E-state index is 0.253. The molecule has 19 heavy (non-hydrogen) atoms. The molecule has 1 aromatic heterocycles. The zero-order chi connectivity index (χ0) is 14.3. The van der Waals surface area contributed by atoms with Crippen molar-refractivity contribution in [3.8, 4) is 12.8 Å². The summed E-state index contributed by atoms with van der Waals surface area (Å²) in [5.41, 5.74) is 6.99. The topological polar surface area (TPSA) is 66.2 Å². The van der Waals surface area contributed by atoms with E-state index in [0.29, 0.717) is 5.96 Å². The number of terminal acetylenes is 1. The van der Waals surface area contributed by atoms with Gasteiger partial charge in [0.1, 0.15) is 0 Å². The van der Waals surface area contributed by atoms with E-state index >= 15 is 0 Å². The first-order chi connectivity index (χ1) is 9.26. The van der Waals surface area contributed by atoms with Crippen LogP contribution in [-0.2, 0) is 0 Å². The van der Waals surface area contributed by atoms with Gasteiger partial charge in [-0.15, -0.1) is 12.8 Å². The van der Waals surface area contributed by atoms with Crippen molar-refractivity contribution >= 4 is 34.0 Å². The second kappa shape index (κ2) is 7.70. The van der Waals surface area contributed by atoms with Crippen molar-refractivity contribution in [1.29, 1.82) is 0 Å². The number of alkyl halides is 1. The first-order valence-electron chi connectivity index (χ1n) is 6.06. The summed E-state index contributed by atoms with van der Waals surface area (Å²) in [6, 6.07) is 0.253. The van der Waals surface area contributed by atoms with E-state index in [9.17, 15) is 0 Å². The number of aliphatic imine (C=N–C) groups is 1. The van der Waals surface area contributed by atoms with Crippen LogP contribution in [0.4, 0.5) is 0 Å². The molecule has 0 aromatic carbocycles. The van der Waals surface area contributed by atoms with Crippen molar-refractivity contribution in [1.82, 2.24) is 10.3 Å². The Hall–Kier alpha value is -1.67. The van der Waals surface area contributed by atoms with Gasteiger partial charge in [0.15, 0.2) is 5.96 Å². The molecule has 1 unspecified atom stereocenters. The lowest BCUT2D eigenvalue weighted by Gasteiger charge is -2.21. The largest absolute Gasteiger partial charge is 0.370 e. The standard InChI is InChI=1S/C12H17BrN4.C2H2/c1-2-10-8(3-5-13)9(7-16-10)11-4-6-15-12(14)17-11;1-2/h2-3,7,11,16H,4-6H2,1H3,(H3,14,15,17);1-2H/b8-3-,10-2+;. The zero-order valence-electron chi connectivity index (χ0n) is 11.0. The number of H-pyrrole nitrogens is 1. The van der Waals surface area contributed by atoms with Gasteiger partial charge in [-0.1, -0.05) is 28.1 Å². The average Bonchev–Trinajstić information content (AvgIpc) is 2.84. The number of guanidine groups is 1. The number of nitrogens with two attached hydrogens (primary N) is 1. The van der Waals surface area contributed by atoms with Gasteiger partial charge in [0.05, 0.1) is 6.04 Å². The lowest BCUT2D eigenvalue weighted by Crippen LogP contribution is -2.41. The predicted molar refractivity (Wildman–Crippen MR) is 85.3 cm³/mol. The molecular weight excluding hydrogens is 304 g/mol. The fraction of sp³-hybridized carbons (Fsp3) is 0.357. The molecule has 0 amide bonds. The monoisotopic (exact) mass is 322 g/mol. The highest BCUT2D eigenvalue weighted by molar-refractivity contribution is 9.09. The van der Waals surface area contributed by atoms with Gasteiger partial charge in [-0.25, -0.2) is 0 Å². The lowest BCUT2D eigenvalue weighted by atomic mass is 10.0. The quantitative estimate of drug-likeness (QED) is 0.551. The number of hydrogen-bond acceptors (Lipinski definition) is 3. The Morgan fingerprint density at radius 2 is 2.32 bits per heavy atom. The van der Waals surface area contributed by atoms with Crippen LogP contribution in [-0.4, -0.2) is 22.8 Å². The molecule has 0 spiro atoms. The number of aromatic amines is 1. The van der Waals surface area contributed by atoms with Gasteiger partial charge in [0.25, 0.3) is 0 Å². The maximum Gasteiger partial charge on any atom is 0.189 e. The number of rotatable bonds is 2. The van der Waals surface area contributed by atoms with E-state index in [4.69, 9.17) is 5.73 Å². The number of aromatic nitrogens is 1. The molecule has 1 aliphatic heterocycles. The fourth-order valence-corrected chi connectivity index (χ4v) is 2.47. The Bertz CT molecular complexity index is 568. The minimum absolute atomic E-state index is 0.253. The summed E-state index contributed by atoms with van der Waals surface area (Å²) in [5, 5.41) is 6.47. The predicted octanol–water partition coefficient (Wildman–Crippen LogP) is 0.589. The first-order valence-corrected chi connectivity index (χ1v) is 7.18. The van der Waals surface area contributed by atoms with Gasteiger partial charge in [-0.05, 0) is 18.9 Å². The van der Waals surface area contributed by atoms with Crippen LogP contribution < -0.4 is 21.6 Å². The van der Waals surface area contributed by atoms with Crippen LogP contribution in [0, 0.1) is 12.8 Å². The van der Waals surface area contributed by atoms with Crippen molar-refractivity contribution in [3.05, 3.63) is 22.3 Å². The van der Waals surface area contributed by atoms with Crippen molar-refractivity contribution in [2.75, 3.05) is 11.9 Å². The van der Waals surface area contributed by atoms with Gasteiger partial charge < -0.3 is 16.0 Å². The second-order valence-electron chi connectivity index (χ2n) is 3.97. The number of hydrogen-bond donors (Lipinski definition) is 3. The maximum absolute atomic E-state index is 5.73. The van der Waals surface area contributed by atoms with Crippen LogP contribution in [0.2, 0.25) is 0 Å². The molecule has 2 rings (SSSR count). The summed E-state index contributed by atoms with van der Waals surface area (Å²) in [4.78, 5) is 7.45.